The van der Waals surface area contributed by atoms with Gasteiger partial charge in [0.25, 0.3) is 0 Å². The summed E-state index contributed by atoms with van der Waals surface area (Å²) in [5.74, 6) is 1.08. The number of sulfonamides is 1. The van der Waals surface area contributed by atoms with E-state index in [0.29, 0.717) is 23.6 Å². The first-order chi connectivity index (χ1) is 17.4. The van der Waals surface area contributed by atoms with Gasteiger partial charge in [-0.2, -0.15) is 0 Å². The summed E-state index contributed by atoms with van der Waals surface area (Å²) in [6, 6.07) is 32.3. The fourth-order valence-electron chi connectivity index (χ4n) is 3.69. The Morgan fingerprint density at radius 3 is 2.11 bits per heavy atom. The summed E-state index contributed by atoms with van der Waals surface area (Å²) >= 11 is 0. The first kappa shape index (κ1) is 25.2. The first-order valence-corrected chi connectivity index (χ1v) is 13.2. The van der Waals surface area contributed by atoms with Gasteiger partial charge in [0.2, 0.25) is 15.9 Å². The summed E-state index contributed by atoms with van der Waals surface area (Å²) in [4.78, 5) is 12.8. The van der Waals surface area contributed by atoms with Gasteiger partial charge in [-0.15, -0.1) is 0 Å². The molecule has 0 heterocycles. The summed E-state index contributed by atoms with van der Waals surface area (Å²) in [7, 11) is -3.67. The zero-order chi connectivity index (χ0) is 25.4. The fraction of sp³-hybridized carbons (Fsp3) is 0.138. The molecular formula is C29H28N2O4S. The molecule has 0 saturated carbocycles. The lowest BCUT2D eigenvalue weighted by Crippen LogP contribution is -2.26. The van der Waals surface area contributed by atoms with E-state index < -0.39 is 10.0 Å². The van der Waals surface area contributed by atoms with Crippen molar-refractivity contribution >= 4 is 21.6 Å². The van der Waals surface area contributed by atoms with Crippen LogP contribution in [0.5, 0.6) is 11.5 Å². The molecule has 4 aromatic carbocycles. The Bertz CT molecular complexity index is 1390. The van der Waals surface area contributed by atoms with Gasteiger partial charge in [0.1, 0.15) is 5.75 Å². The van der Waals surface area contributed by atoms with Crippen molar-refractivity contribution in [2.45, 2.75) is 30.7 Å². The van der Waals surface area contributed by atoms with Crippen LogP contribution < -0.4 is 14.8 Å². The molecule has 0 aliphatic heterocycles. The van der Waals surface area contributed by atoms with Crippen LogP contribution in [0.25, 0.3) is 0 Å². The van der Waals surface area contributed by atoms with E-state index in [0.717, 1.165) is 11.1 Å². The summed E-state index contributed by atoms with van der Waals surface area (Å²) in [6.07, 6.45) is 0.719. The molecule has 0 radical (unpaired) electrons. The van der Waals surface area contributed by atoms with Crippen LogP contribution in [0, 0.1) is 0 Å². The van der Waals surface area contributed by atoms with Crippen molar-refractivity contribution in [1.29, 1.82) is 0 Å². The van der Waals surface area contributed by atoms with Crippen molar-refractivity contribution in [3.63, 3.8) is 0 Å². The van der Waals surface area contributed by atoms with Crippen LogP contribution in [0.1, 0.15) is 30.5 Å². The number of anilines is 1. The van der Waals surface area contributed by atoms with Gasteiger partial charge in [-0.3, -0.25) is 4.79 Å². The number of amides is 1. The molecule has 4 rings (SSSR count). The maximum absolute atomic E-state index is 12.8. The van der Waals surface area contributed by atoms with Gasteiger partial charge in [0.05, 0.1) is 10.6 Å². The normalized spacial score (nSPS) is 12.0. The molecule has 0 aromatic heterocycles. The molecule has 0 unspecified atom stereocenters. The summed E-state index contributed by atoms with van der Waals surface area (Å²) in [6.45, 7) is 1.81. The van der Waals surface area contributed by atoms with E-state index in [4.69, 9.17) is 4.74 Å². The predicted octanol–water partition coefficient (Wildman–Crippen LogP) is 6.09. The van der Waals surface area contributed by atoms with Crippen LogP contribution in [0.3, 0.4) is 0 Å². The summed E-state index contributed by atoms with van der Waals surface area (Å²) in [5, 5.41) is 2.90. The Morgan fingerprint density at radius 2 is 1.42 bits per heavy atom. The highest BCUT2D eigenvalue weighted by atomic mass is 32.2. The van der Waals surface area contributed by atoms with E-state index in [1.165, 1.54) is 0 Å². The Kier molecular flexibility index (Phi) is 8.15. The smallest absolute Gasteiger partial charge is 0.241 e. The average molecular weight is 501 g/mol. The Hall–Kier alpha value is -3.94. The predicted molar refractivity (Wildman–Crippen MR) is 142 cm³/mol. The van der Waals surface area contributed by atoms with Gasteiger partial charge in [0.15, 0.2) is 5.75 Å². The number of ether oxygens (including phenoxy) is 1. The second-order valence-electron chi connectivity index (χ2n) is 8.36. The molecule has 0 fully saturated rings. The van der Waals surface area contributed by atoms with Gasteiger partial charge in [-0.25, -0.2) is 13.1 Å². The van der Waals surface area contributed by atoms with E-state index in [9.17, 15) is 13.2 Å². The number of hydrogen-bond acceptors (Lipinski definition) is 4. The number of para-hydroxylation sites is 3. The quantitative estimate of drug-likeness (QED) is 0.276. The van der Waals surface area contributed by atoms with Crippen LogP contribution in [0.15, 0.2) is 114 Å². The SMILES string of the molecule is C[C@@H](NS(=O)(=O)c1ccc(CCC(=O)Nc2ccccc2Oc2ccccc2)cc1)c1ccccc1. The largest absolute Gasteiger partial charge is 0.455 e. The van der Waals surface area contributed by atoms with Gasteiger partial charge in [0, 0.05) is 12.5 Å². The molecule has 1 atom stereocenters. The number of benzene rings is 4. The van der Waals surface area contributed by atoms with E-state index in [2.05, 4.69) is 10.0 Å². The molecule has 0 aliphatic carbocycles. The number of rotatable bonds is 10. The molecular weight excluding hydrogens is 472 g/mol. The van der Waals surface area contributed by atoms with E-state index in [1.807, 2.05) is 79.7 Å². The van der Waals surface area contributed by atoms with Gasteiger partial charge in [-0.1, -0.05) is 72.8 Å². The highest BCUT2D eigenvalue weighted by Crippen LogP contribution is 2.29. The van der Waals surface area contributed by atoms with Gasteiger partial charge in [-0.05, 0) is 60.9 Å². The number of nitrogens with one attached hydrogen (secondary N) is 2. The molecule has 0 spiro atoms. The Labute approximate surface area is 212 Å². The van der Waals surface area contributed by atoms with Gasteiger partial charge < -0.3 is 10.1 Å². The van der Waals surface area contributed by atoms with Crippen LogP contribution in [0.2, 0.25) is 0 Å². The minimum Gasteiger partial charge on any atom is -0.455 e. The molecule has 184 valence electrons. The molecule has 2 N–H and O–H groups in total. The van der Waals surface area contributed by atoms with Crippen molar-refractivity contribution in [2.75, 3.05) is 5.32 Å². The average Bonchev–Trinajstić information content (AvgIpc) is 2.90. The number of hydrogen-bond donors (Lipinski definition) is 2. The molecule has 7 heteroatoms. The second-order valence-corrected chi connectivity index (χ2v) is 10.1. The monoisotopic (exact) mass is 500 g/mol. The van der Waals surface area contributed by atoms with Crippen molar-refractivity contribution in [3.8, 4) is 11.5 Å². The van der Waals surface area contributed by atoms with E-state index in [-0.39, 0.29) is 23.3 Å². The highest BCUT2D eigenvalue weighted by Gasteiger charge is 2.18. The third-order valence-electron chi connectivity index (χ3n) is 5.64. The number of aryl methyl sites for hydroxylation is 1. The van der Waals surface area contributed by atoms with Crippen molar-refractivity contribution in [2.24, 2.45) is 0 Å². The zero-order valence-corrected chi connectivity index (χ0v) is 20.7. The molecule has 0 aliphatic rings. The minimum atomic E-state index is -3.67. The molecule has 36 heavy (non-hydrogen) atoms. The van der Waals surface area contributed by atoms with E-state index in [1.54, 1.807) is 36.4 Å². The standard InChI is InChI=1S/C29H28N2O4S/c1-22(24-10-4-2-5-11-24)31-36(33,34)26-19-16-23(17-20-26)18-21-29(32)30-27-14-8-9-15-28(27)35-25-12-6-3-7-13-25/h2-17,19-20,22,31H,18,21H2,1H3,(H,30,32)/t22-/m1/s1. The Morgan fingerprint density at radius 1 is 0.806 bits per heavy atom. The molecule has 0 saturated heterocycles. The minimum absolute atomic E-state index is 0.158. The van der Waals surface area contributed by atoms with Crippen molar-refractivity contribution < 1.29 is 17.9 Å². The lowest BCUT2D eigenvalue weighted by Gasteiger charge is -2.15. The lowest BCUT2D eigenvalue weighted by atomic mass is 10.1. The van der Waals surface area contributed by atoms with Crippen LogP contribution in [-0.4, -0.2) is 14.3 Å². The zero-order valence-electron chi connectivity index (χ0n) is 19.9. The van der Waals surface area contributed by atoms with Crippen LogP contribution >= 0.6 is 0 Å². The lowest BCUT2D eigenvalue weighted by molar-refractivity contribution is -0.116. The maximum atomic E-state index is 12.8. The third kappa shape index (κ3) is 6.81. The van der Waals surface area contributed by atoms with Crippen molar-refractivity contribution in [1.82, 2.24) is 4.72 Å². The molecule has 4 aromatic rings. The number of carbonyl (C=O) groups is 1. The highest BCUT2D eigenvalue weighted by molar-refractivity contribution is 7.89. The molecule has 0 bridgehead atoms. The van der Waals surface area contributed by atoms with Crippen molar-refractivity contribution in [3.05, 3.63) is 120 Å². The van der Waals surface area contributed by atoms with E-state index >= 15 is 0 Å². The first-order valence-electron chi connectivity index (χ1n) is 11.7. The Balaban J connectivity index is 1.33. The summed E-state index contributed by atoms with van der Waals surface area (Å²) in [5.41, 5.74) is 2.35. The van der Waals surface area contributed by atoms with Crippen LogP contribution in [-0.2, 0) is 21.2 Å². The fourth-order valence-corrected chi connectivity index (χ4v) is 4.92. The maximum Gasteiger partial charge on any atom is 0.241 e. The van der Waals surface area contributed by atoms with Gasteiger partial charge >= 0.3 is 0 Å². The molecule has 1 amide bonds. The molecule has 6 nitrogen and oxygen atoms in total. The summed E-state index contributed by atoms with van der Waals surface area (Å²) < 4.78 is 34.1. The second kappa shape index (κ2) is 11.7. The van der Waals surface area contributed by atoms with Crippen LogP contribution in [0.4, 0.5) is 5.69 Å². The third-order valence-corrected chi connectivity index (χ3v) is 7.19. The topological polar surface area (TPSA) is 84.5 Å². The number of carbonyl (C=O) groups excluding carboxylic acids is 1.